The number of carbonyl (C=O) groups is 1. The van der Waals surface area contributed by atoms with Gasteiger partial charge in [0.05, 0.1) is 5.56 Å². The van der Waals surface area contributed by atoms with Crippen LogP contribution in [-0.2, 0) is 4.79 Å². The summed E-state index contributed by atoms with van der Waals surface area (Å²) in [7, 11) is 0. The van der Waals surface area contributed by atoms with Gasteiger partial charge in [0.2, 0.25) is 5.91 Å². The molecule has 22 heavy (non-hydrogen) atoms. The van der Waals surface area contributed by atoms with Crippen LogP contribution in [0.5, 0.6) is 5.75 Å². The Morgan fingerprint density at radius 3 is 2.68 bits per heavy atom. The van der Waals surface area contributed by atoms with Crippen LogP contribution in [0, 0.1) is 11.3 Å². The summed E-state index contributed by atoms with van der Waals surface area (Å²) in [5, 5.41) is 24.8. The molecule has 0 saturated carbocycles. The van der Waals surface area contributed by atoms with Crippen LogP contribution >= 0.6 is 0 Å². The van der Waals surface area contributed by atoms with Crippen LogP contribution in [0.2, 0.25) is 0 Å². The Bertz CT molecular complexity index is 559. The average molecular weight is 305 g/mol. The van der Waals surface area contributed by atoms with Gasteiger partial charge < -0.3 is 20.5 Å². The molecule has 6 nitrogen and oxygen atoms in total. The number of β-amino-alcohol motifs (C(OH)–C–C–N with tert-alkyl or cyclic N) is 1. The van der Waals surface area contributed by atoms with E-state index >= 15 is 0 Å². The minimum absolute atomic E-state index is 0.0806. The standard InChI is InChI=1S/C16H23N3O3/c1-11(20)19-13-5-6-15(12(7-13)8-17)22-10-14(21)9-18-16(2,3)4/h5-7,14,18,21H,9-10H2,1-4H3,(H,19,20). The third-order valence-corrected chi connectivity index (χ3v) is 2.72. The van der Waals surface area contributed by atoms with Crippen LogP contribution in [0.4, 0.5) is 5.69 Å². The van der Waals surface area contributed by atoms with E-state index in [2.05, 4.69) is 10.6 Å². The van der Waals surface area contributed by atoms with E-state index in [0.29, 0.717) is 23.5 Å². The normalized spacial score (nSPS) is 12.4. The highest BCUT2D eigenvalue weighted by Crippen LogP contribution is 2.22. The fraction of sp³-hybridized carbons (Fsp3) is 0.500. The number of aliphatic hydroxyl groups is 1. The van der Waals surface area contributed by atoms with Gasteiger partial charge in [0.1, 0.15) is 24.5 Å². The molecule has 3 N–H and O–H groups in total. The second kappa shape index (κ2) is 7.78. The first kappa shape index (κ1) is 18.0. The predicted octanol–water partition coefficient (Wildman–Crippen LogP) is 1.64. The van der Waals surface area contributed by atoms with Crippen molar-refractivity contribution in [1.82, 2.24) is 5.32 Å². The van der Waals surface area contributed by atoms with Crippen molar-refractivity contribution in [2.45, 2.75) is 39.3 Å². The molecule has 0 spiro atoms. The van der Waals surface area contributed by atoms with E-state index in [1.807, 2.05) is 26.8 Å². The van der Waals surface area contributed by atoms with E-state index in [9.17, 15) is 9.90 Å². The topological polar surface area (TPSA) is 94.4 Å². The van der Waals surface area contributed by atoms with Crippen molar-refractivity contribution in [3.05, 3.63) is 23.8 Å². The van der Waals surface area contributed by atoms with Crippen molar-refractivity contribution in [3.8, 4) is 11.8 Å². The lowest BCUT2D eigenvalue weighted by atomic mass is 10.1. The van der Waals surface area contributed by atoms with E-state index in [1.54, 1.807) is 12.1 Å². The second-order valence-electron chi connectivity index (χ2n) is 6.10. The molecule has 0 heterocycles. The smallest absolute Gasteiger partial charge is 0.221 e. The van der Waals surface area contributed by atoms with E-state index < -0.39 is 6.10 Å². The Balaban J connectivity index is 2.62. The maximum absolute atomic E-state index is 11.0. The molecule has 1 amide bonds. The number of hydrogen-bond donors (Lipinski definition) is 3. The number of ether oxygens (including phenoxy) is 1. The zero-order valence-electron chi connectivity index (χ0n) is 13.4. The highest BCUT2D eigenvalue weighted by molar-refractivity contribution is 5.89. The van der Waals surface area contributed by atoms with Crippen LogP contribution in [-0.4, -0.2) is 35.8 Å². The molecular weight excluding hydrogens is 282 g/mol. The summed E-state index contributed by atoms with van der Waals surface area (Å²) in [6, 6.07) is 6.81. The maximum Gasteiger partial charge on any atom is 0.221 e. The highest BCUT2D eigenvalue weighted by atomic mass is 16.5. The van der Waals surface area contributed by atoms with E-state index in [0.717, 1.165) is 0 Å². The van der Waals surface area contributed by atoms with Crippen molar-refractivity contribution in [1.29, 1.82) is 5.26 Å². The van der Waals surface area contributed by atoms with Crippen molar-refractivity contribution < 1.29 is 14.6 Å². The lowest BCUT2D eigenvalue weighted by molar-refractivity contribution is -0.114. The fourth-order valence-corrected chi connectivity index (χ4v) is 1.69. The minimum atomic E-state index is -0.680. The molecule has 6 heteroatoms. The van der Waals surface area contributed by atoms with Crippen LogP contribution in [0.25, 0.3) is 0 Å². The van der Waals surface area contributed by atoms with Crippen LogP contribution in [0.15, 0.2) is 18.2 Å². The number of anilines is 1. The maximum atomic E-state index is 11.0. The van der Waals surface area contributed by atoms with Gasteiger partial charge in [-0.05, 0) is 39.0 Å². The molecule has 0 aliphatic carbocycles. The van der Waals surface area contributed by atoms with Gasteiger partial charge in [0.25, 0.3) is 0 Å². The number of benzene rings is 1. The Kier molecular flexibility index (Phi) is 6.35. The van der Waals surface area contributed by atoms with Gasteiger partial charge in [0, 0.05) is 24.7 Å². The average Bonchev–Trinajstić information content (AvgIpc) is 2.42. The monoisotopic (exact) mass is 305 g/mol. The van der Waals surface area contributed by atoms with Crippen molar-refractivity contribution in [2.24, 2.45) is 0 Å². The molecule has 0 radical (unpaired) electrons. The molecule has 120 valence electrons. The molecule has 0 aliphatic rings. The van der Waals surface area contributed by atoms with Gasteiger partial charge >= 0.3 is 0 Å². The number of nitriles is 1. The molecule has 0 aliphatic heterocycles. The lowest BCUT2D eigenvalue weighted by Crippen LogP contribution is -2.42. The summed E-state index contributed by atoms with van der Waals surface area (Å²) in [4.78, 5) is 11.0. The minimum Gasteiger partial charge on any atom is -0.489 e. The molecule has 0 fully saturated rings. The molecule has 1 unspecified atom stereocenters. The summed E-state index contributed by atoms with van der Waals surface area (Å²) >= 11 is 0. The van der Waals surface area contributed by atoms with Gasteiger partial charge in [-0.3, -0.25) is 4.79 Å². The Morgan fingerprint density at radius 1 is 1.45 bits per heavy atom. The number of amides is 1. The van der Waals surface area contributed by atoms with Gasteiger partial charge in [-0.25, -0.2) is 0 Å². The van der Waals surface area contributed by atoms with Gasteiger partial charge in [-0.2, -0.15) is 5.26 Å². The van der Waals surface area contributed by atoms with E-state index in [4.69, 9.17) is 10.00 Å². The molecule has 0 aromatic heterocycles. The molecule has 0 bridgehead atoms. The van der Waals surface area contributed by atoms with Crippen LogP contribution < -0.4 is 15.4 Å². The van der Waals surface area contributed by atoms with Crippen molar-refractivity contribution >= 4 is 11.6 Å². The van der Waals surface area contributed by atoms with Gasteiger partial charge in [-0.1, -0.05) is 0 Å². The number of nitrogens with one attached hydrogen (secondary N) is 2. The van der Waals surface area contributed by atoms with Crippen LogP contribution in [0.3, 0.4) is 0 Å². The fourth-order valence-electron chi connectivity index (χ4n) is 1.69. The van der Waals surface area contributed by atoms with Crippen molar-refractivity contribution in [2.75, 3.05) is 18.5 Å². The zero-order valence-corrected chi connectivity index (χ0v) is 13.4. The molecule has 0 saturated heterocycles. The van der Waals surface area contributed by atoms with E-state index in [-0.39, 0.29) is 18.1 Å². The summed E-state index contributed by atoms with van der Waals surface area (Å²) < 4.78 is 5.49. The summed E-state index contributed by atoms with van der Waals surface area (Å²) in [6.07, 6.45) is -0.680. The Labute approximate surface area is 131 Å². The predicted molar refractivity (Wildman–Crippen MR) is 84.7 cm³/mol. The lowest BCUT2D eigenvalue weighted by Gasteiger charge is -2.23. The molecule has 1 aromatic carbocycles. The largest absolute Gasteiger partial charge is 0.489 e. The quantitative estimate of drug-likeness (QED) is 0.743. The molecule has 1 aromatic rings. The van der Waals surface area contributed by atoms with Crippen molar-refractivity contribution in [3.63, 3.8) is 0 Å². The summed E-state index contributed by atoms with van der Waals surface area (Å²) in [5.74, 6) is 0.174. The summed E-state index contributed by atoms with van der Waals surface area (Å²) in [5.41, 5.74) is 0.757. The highest BCUT2D eigenvalue weighted by Gasteiger charge is 2.13. The number of aliphatic hydroxyl groups excluding tert-OH is 1. The first-order chi connectivity index (χ1) is 10.2. The second-order valence-corrected chi connectivity index (χ2v) is 6.10. The Hall–Kier alpha value is -2.10. The van der Waals surface area contributed by atoms with Gasteiger partial charge in [-0.15, -0.1) is 0 Å². The van der Waals surface area contributed by atoms with E-state index in [1.165, 1.54) is 13.0 Å². The Morgan fingerprint density at radius 2 is 2.14 bits per heavy atom. The SMILES string of the molecule is CC(=O)Nc1ccc(OCC(O)CNC(C)(C)C)c(C#N)c1. The molecule has 1 atom stereocenters. The zero-order chi connectivity index (χ0) is 16.8. The molecular formula is C16H23N3O3. The van der Waals surface area contributed by atoms with Gasteiger partial charge in [0.15, 0.2) is 0 Å². The number of nitrogens with zero attached hydrogens (tertiary/aromatic N) is 1. The third-order valence-electron chi connectivity index (χ3n) is 2.72. The van der Waals surface area contributed by atoms with Crippen LogP contribution in [0.1, 0.15) is 33.3 Å². The molecule has 1 rings (SSSR count). The number of carbonyl (C=O) groups excluding carboxylic acids is 1. The first-order valence-corrected chi connectivity index (χ1v) is 7.09. The number of hydrogen-bond acceptors (Lipinski definition) is 5. The third kappa shape index (κ3) is 6.57. The number of rotatable bonds is 6. The first-order valence-electron chi connectivity index (χ1n) is 7.09. The summed E-state index contributed by atoms with van der Waals surface area (Å²) in [6.45, 7) is 7.90.